The maximum Gasteiger partial charge on any atom is 0.252 e. The Morgan fingerprint density at radius 1 is 0.236 bits per heavy atom. The first-order chi connectivity index (χ1) is 61.1. The molecule has 3 aromatic heterocycles. The Kier molecular flexibility index (Phi) is 19.5. The first-order valence-electron chi connectivity index (χ1n) is 45.8. The van der Waals surface area contributed by atoms with Crippen molar-refractivity contribution in [1.82, 2.24) is 13.7 Å². The van der Waals surface area contributed by atoms with Gasteiger partial charge in [0.1, 0.15) is 0 Å². The minimum absolute atomic E-state index is 0.0374. The fraction of sp³-hybridized carbons (Fsp3) is 0.207. The van der Waals surface area contributed by atoms with Crippen molar-refractivity contribution in [1.29, 1.82) is 0 Å². The highest BCUT2D eigenvalue weighted by Gasteiger charge is 2.44. The number of hydrogen-bond donors (Lipinski definition) is 0. The molecule has 16 aromatic carbocycles. The molecule has 19 aromatic rings. The summed E-state index contributed by atoms with van der Waals surface area (Å²) in [7, 11) is 0. The van der Waals surface area contributed by atoms with Gasteiger partial charge in [-0.25, -0.2) is 0 Å². The first kappa shape index (κ1) is 80.7. The van der Waals surface area contributed by atoms with Crippen LogP contribution in [0.1, 0.15) is 154 Å². The molecule has 2 aliphatic heterocycles. The van der Waals surface area contributed by atoms with Crippen molar-refractivity contribution in [2.24, 2.45) is 0 Å². The topological polar surface area (TPSA) is 21.3 Å². The molecule has 5 heterocycles. The molecule has 0 radical (unpaired) electrons. The zero-order chi connectivity index (χ0) is 87.3. The lowest BCUT2D eigenvalue weighted by Crippen LogP contribution is -2.62. The number of anilines is 4. The standard InChI is InChI=1S/C121H112BN5/c1-117(2,3)89-50-55-108-100(70-89)101-71-90(118(4,5)6)51-56-109(101)124(108)75-79-48-53-104-112(64-79)126(77-103-98(83-38-24-18-25-39-83)72-93(121(13,14)15)73-99(103)84-40-26-19-27-41-84)115-63-78(58-59-123-106-45-31-28-44-97(106)102-74-94(52-57-107(102)123)127-110-46-32-29-42-95(110)96-43-30-33-47-111(96)127)62-114-116(115)122(104)105-54-49-85(88-66-91(119(7,8)9)69-92(67-88)120(10,11)12)68-113(105)125(114)76-80-60-86(81-34-20-16-21-35-81)65-87(61-80)82-36-22-17-23-37-82/h16-57,60-74H,58-59,75-77H2,1-15H3. The number of aryl methyl sites for hydroxylation is 2. The molecule has 0 saturated heterocycles. The third-order valence-corrected chi connectivity index (χ3v) is 27.7. The lowest BCUT2D eigenvalue weighted by molar-refractivity contribution is 0.569. The van der Waals surface area contributed by atoms with E-state index < -0.39 is 0 Å². The molecule has 624 valence electrons. The summed E-state index contributed by atoms with van der Waals surface area (Å²) in [5.74, 6) is 0. The summed E-state index contributed by atoms with van der Waals surface area (Å²) < 4.78 is 7.72. The highest BCUT2D eigenvalue weighted by atomic mass is 15.2. The van der Waals surface area contributed by atoms with E-state index in [-0.39, 0.29) is 33.8 Å². The molecular formula is C121H112BN5. The molecule has 6 heteroatoms. The van der Waals surface area contributed by atoms with E-state index in [1.807, 2.05) is 0 Å². The van der Waals surface area contributed by atoms with Gasteiger partial charge in [-0.15, -0.1) is 0 Å². The number of aromatic nitrogens is 3. The van der Waals surface area contributed by atoms with Gasteiger partial charge in [0.2, 0.25) is 0 Å². The van der Waals surface area contributed by atoms with Crippen LogP contribution in [-0.4, -0.2) is 20.4 Å². The molecule has 0 atom stereocenters. The summed E-state index contributed by atoms with van der Waals surface area (Å²) >= 11 is 0. The third kappa shape index (κ3) is 14.6. The van der Waals surface area contributed by atoms with Gasteiger partial charge in [-0.1, -0.05) is 347 Å². The maximum absolute atomic E-state index is 2.81. The van der Waals surface area contributed by atoms with E-state index in [9.17, 15) is 0 Å². The number of para-hydroxylation sites is 3. The molecule has 0 fully saturated rings. The van der Waals surface area contributed by atoms with Gasteiger partial charge in [-0.2, -0.15) is 0 Å². The smallest absolute Gasteiger partial charge is 0.252 e. The van der Waals surface area contributed by atoms with Crippen LogP contribution in [0, 0.1) is 0 Å². The Bertz CT molecular complexity index is 7270. The van der Waals surface area contributed by atoms with Crippen LogP contribution in [0.15, 0.2) is 346 Å². The molecule has 0 N–H and O–H groups in total. The Morgan fingerprint density at radius 2 is 0.638 bits per heavy atom. The van der Waals surface area contributed by atoms with Gasteiger partial charge >= 0.3 is 0 Å². The number of nitrogens with zero attached hydrogens (tertiary/aromatic N) is 5. The Balaban J connectivity index is 0.839. The van der Waals surface area contributed by atoms with Crippen molar-refractivity contribution < 1.29 is 0 Å². The van der Waals surface area contributed by atoms with Crippen LogP contribution in [0.5, 0.6) is 0 Å². The van der Waals surface area contributed by atoms with Crippen molar-refractivity contribution in [2.75, 3.05) is 9.80 Å². The minimum Gasteiger partial charge on any atom is -0.340 e. The second kappa shape index (κ2) is 30.7. The predicted molar refractivity (Wildman–Crippen MR) is 545 cm³/mol. The van der Waals surface area contributed by atoms with E-state index >= 15 is 0 Å². The van der Waals surface area contributed by atoms with Crippen molar-refractivity contribution in [2.45, 2.75) is 164 Å². The molecular weight excluding hydrogens is 1530 g/mol. The average molecular weight is 1650 g/mol. The van der Waals surface area contributed by atoms with E-state index in [0.717, 1.165) is 18.7 Å². The molecule has 0 spiro atoms. The summed E-state index contributed by atoms with van der Waals surface area (Å²) in [6.45, 7) is 37.8. The zero-order valence-electron chi connectivity index (χ0n) is 76.3. The number of benzene rings is 16. The largest absolute Gasteiger partial charge is 0.340 e. The fourth-order valence-electron chi connectivity index (χ4n) is 20.7. The Labute approximate surface area is 750 Å². The fourth-order valence-corrected chi connectivity index (χ4v) is 20.7. The Hall–Kier alpha value is -13.4. The van der Waals surface area contributed by atoms with E-state index in [4.69, 9.17) is 0 Å². The number of rotatable bonds is 15. The molecule has 127 heavy (non-hydrogen) atoms. The minimum atomic E-state index is -0.173. The molecule has 21 rings (SSSR count). The molecule has 5 nitrogen and oxygen atoms in total. The lowest BCUT2D eigenvalue weighted by atomic mass is 9.33. The maximum atomic E-state index is 2.81. The van der Waals surface area contributed by atoms with Gasteiger partial charge in [-0.3, -0.25) is 0 Å². The van der Waals surface area contributed by atoms with Crippen LogP contribution in [0.3, 0.4) is 0 Å². The quantitative estimate of drug-likeness (QED) is 0.0954. The predicted octanol–water partition coefficient (Wildman–Crippen LogP) is 29.9. The van der Waals surface area contributed by atoms with Crippen molar-refractivity contribution >= 4 is 111 Å². The molecule has 0 saturated carbocycles. The second-order valence-corrected chi connectivity index (χ2v) is 41.3. The van der Waals surface area contributed by atoms with Crippen LogP contribution in [0.25, 0.3) is 127 Å². The number of fused-ring (bicyclic) bond motifs is 13. The summed E-state index contributed by atoms with van der Waals surface area (Å²) in [6.07, 6.45) is 0.748. The summed E-state index contributed by atoms with van der Waals surface area (Å²) in [6, 6.07) is 134. The second-order valence-electron chi connectivity index (χ2n) is 41.3. The zero-order valence-corrected chi connectivity index (χ0v) is 76.3. The first-order valence-corrected chi connectivity index (χ1v) is 45.8. The summed E-state index contributed by atoms with van der Waals surface area (Å²) in [5.41, 5.74) is 40.7. The van der Waals surface area contributed by atoms with Gasteiger partial charge in [-0.05, 0) is 259 Å². The van der Waals surface area contributed by atoms with E-state index in [0.29, 0.717) is 19.6 Å². The molecule has 2 aliphatic rings. The summed E-state index contributed by atoms with van der Waals surface area (Å²) in [4.78, 5) is 5.58. The van der Waals surface area contributed by atoms with E-state index in [1.165, 1.54) is 210 Å². The van der Waals surface area contributed by atoms with E-state index in [1.54, 1.807) is 0 Å². The molecule has 0 unspecified atom stereocenters. The Morgan fingerprint density at radius 3 is 1.15 bits per heavy atom. The molecule has 0 amide bonds. The number of hydrogen-bond acceptors (Lipinski definition) is 2. The monoisotopic (exact) mass is 1650 g/mol. The van der Waals surface area contributed by atoms with Crippen LogP contribution in [0.4, 0.5) is 22.7 Å². The highest BCUT2D eigenvalue weighted by Crippen LogP contribution is 2.49. The molecule has 0 bridgehead atoms. The third-order valence-electron chi connectivity index (χ3n) is 27.7. The van der Waals surface area contributed by atoms with Gasteiger partial charge in [0.05, 0.1) is 11.0 Å². The van der Waals surface area contributed by atoms with Crippen LogP contribution in [-0.2, 0) is 59.7 Å². The van der Waals surface area contributed by atoms with Crippen LogP contribution in [0.2, 0.25) is 0 Å². The average Bonchev–Trinajstić information content (AvgIpc) is 1.54. The molecule has 0 aliphatic carbocycles. The van der Waals surface area contributed by atoms with Crippen molar-refractivity contribution in [3.63, 3.8) is 0 Å². The van der Waals surface area contributed by atoms with Gasteiger partial charge in [0.25, 0.3) is 6.71 Å². The summed E-state index contributed by atoms with van der Waals surface area (Å²) in [5, 5.41) is 7.63. The van der Waals surface area contributed by atoms with Gasteiger partial charge in [0.15, 0.2) is 0 Å². The van der Waals surface area contributed by atoms with Crippen molar-refractivity contribution in [3.05, 3.63) is 396 Å². The van der Waals surface area contributed by atoms with Crippen molar-refractivity contribution in [3.8, 4) is 61.3 Å². The normalized spacial score (nSPS) is 13.1. The SMILES string of the molecule is CC(C)(C)c1cc(-c2ccc3c(c2)N(Cc2cc(-c4ccccc4)cc(-c4ccccc4)c2)c2cc(CCn4c5ccccc5c5cc(-n6c7ccccc7c7ccccc76)ccc54)cc4c2B3c2ccc(Cn3c5ccc(C(C)(C)C)cc5c5cc(C(C)(C)C)ccc53)cc2N4Cc2c(-c3ccccc3)cc(C(C)(C)C)cc2-c2ccccc2)cc(C(C)(C)C)c1. The van der Waals surface area contributed by atoms with Gasteiger partial charge in [0, 0.05) is 109 Å². The lowest BCUT2D eigenvalue weighted by Gasteiger charge is -2.45. The van der Waals surface area contributed by atoms with E-state index in [2.05, 4.69) is 473 Å². The van der Waals surface area contributed by atoms with Crippen LogP contribution >= 0.6 is 0 Å². The van der Waals surface area contributed by atoms with Crippen LogP contribution < -0.4 is 26.2 Å². The van der Waals surface area contributed by atoms with Gasteiger partial charge < -0.3 is 23.5 Å². The highest BCUT2D eigenvalue weighted by molar-refractivity contribution is 7.00.